The molecular weight excluding hydrogens is 242 g/mol. The maximum Gasteiger partial charge on any atom is 0.161 e. The summed E-state index contributed by atoms with van der Waals surface area (Å²) in [6.07, 6.45) is 0.937. The fourth-order valence-corrected chi connectivity index (χ4v) is 1.99. The molecule has 3 N–H and O–H groups in total. The van der Waals surface area contributed by atoms with Crippen LogP contribution in [0, 0.1) is 5.92 Å². The number of benzene rings is 1. The van der Waals surface area contributed by atoms with Gasteiger partial charge in [0.1, 0.15) is 0 Å². The van der Waals surface area contributed by atoms with Gasteiger partial charge in [-0.2, -0.15) is 0 Å². The highest BCUT2D eigenvalue weighted by molar-refractivity contribution is 5.41. The molecule has 0 radical (unpaired) electrons. The highest BCUT2D eigenvalue weighted by Crippen LogP contribution is 2.26. The summed E-state index contributed by atoms with van der Waals surface area (Å²) in [5, 5.41) is 22.3. The molecule has 108 valence electrons. The molecule has 1 unspecified atom stereocenters. The van der Waals surface area contributed by atoms with E-state index in [-0.39, 0.29) is 18.4 Å². The Bertz CT molecular complexity index is 380. The lowest BCUT2D eigenvalue weighted by Crippen LogP contribution is -2.33. The standard InChI is InChI=1S/C15H25NO3/c1-4-19-15-8-12(5-6-14(15)18)9-16-13(10-17)7-11(2)3/h5-6,8,11,13,16-18H,4,7,9-10H2,1-3H3. The van der Waals surface area contributed by atoms with Crippen molar-refractivity contribution in [3.8, 4) is 11.5 Å². The van der Waals surface area contributed by atoms with E-state index in [1.165, 1.54) is 0 Å². The number of phenolic OH excluding ortho intramolecular Hbond substituents is 1. The molecule has 0 saturated carbocycles. The van der Waals surface area contributed by atoms with Gasteiger partial charge in [0, 0.05) is 12.6 Å². The molecule has 0 aliphatic carbocycles. The van der Waals surface area contributed by atoms with Crippen LogP contribution in [0.15, 0.2) is 18.2 Å². The van der Waals surface area contributed by atoms with Gasteiger partial charge in [0.25, 0.3) is 0 Å². The lowest BCUT2D eigenvalue weighted by molar-refractivity contribution is 0.223. The summed E-state index contributed by atoms with van der Waals surface area (Å²) in [5.41, 5.74) is 1.03. The van der Waals surface area contributed by atoms with Crippen LogP contribution in [-0.2, 0) is 6.54 Å². The molecule has 0 saturated heterocycles. The van der Waals surface area contributed by atoms with Crippen LogP contribution in [0.25, 0.3) is 0 Å². The predicted molar refractivity (Wildman–Crippen MR) is 76.4 cm³/mol. The smallest absolute Gasteiger partial charge is 0.161 e. The summed E-state index contributed by atoms with van der Waals surface area (Å²) in [6, 6.07) is 5.42. The first-order chi connectivity index (χ1) is 9.06. The number of hydrogen-bond donors (Lipinski definition) is 3. The van der Waals surface area contributed by atoms with Gasteiger partial charge < -0.3 is 20.3 Å². The summed E-state index contributed by atoms with van der Waals surface area (Å²) in [7, 11) is 0. The molecule has 1 aromatic rings. The van der Waals surface area contributed by atoms with Crippen molar-refractivity contribution in [3.05, 3.63) is 23.8 Å². The number of nitrogens with one attached hydrogen (secondary N) is 1. The van der Waals surface area contributed by atoms with E-state index in [1.54, 1.807) is 6.07 Å². The van der Waals surface area contributed by atoms with Gasteiger partial charge in [-0.15, -0.1) is 0 Å². The number of aromatic hydroxyl groups is 1. The number of phenols is 1. The molecule has 1 atom stereocenters. The van der Waals surface area contributed by atoms with Crippen LogP contribution in [-0.4, -0.2) is 29.5 Å². The number of aliphatic hydroxyl groups excluding tert-OH is 1. The molecule has 19 heavy (non-hydrogen) atoms. The lowest BCUT2D eigenvalue weighted by Gasteiger charge is -2.18. The van der Waals surface area contributed by atoms with Crippen LogP contribution < -0.4 is 10.1 Å². The second-order valence-corrected chi connectivity index (χ2v) is 5.13. The zero-order valence-corrected chi connectivity index (χ0v) is 12.0. The molecular formula is C15H25NO3. The first-order valence-corrected chi connectivity index (χ1v) is 6.85. The molecule has 0 aliphatic rings. The largest absolute Gasteiger partial charge is 0.504 e. The van der Waals surface area contributed by atoms with Crippen molar-refractivity contribution >= 4 is 0 Å². The third-order valence-corrected chi connectivity index (χ3v) is 2.90. The Morgan fingerprint density at radius 1 is 1.32 bits per heavy atom. The number of ether oxygens (including phenoxy) is 1. The van der Waals surface area contributed by atoms with Crippen molar-refractivity contribution in [1.29, 1.82) is 0 Å². The zero-order chi connectivity index (χ0) is 14.3. The zero-order valence-electron chi connectivity index (χ0n) is 12.0. The topological polar surface area (TPSA) is 61.7 Å². The van der Waals surface area contributed by atoms with E-state index in [0.29, 0.717) is 24.8 Å². The maximum atomic E-state index is 9.62. The Balaban J connectivity index is 2.59. The third kappa shape index (κ3) is 5.49. The molecule has 4 nitrogen and oxygen atoms in total. The molecule has 0 aliphatic heterocycles. The summed E-state index contributed by atoms with van der Waals surface area (Å²) < 4.78 is 5.35. The fourth-order valence-electron chi connectivity index (χ4n) is 1.99. The summed E-state index contributed by atoms with van der Waals surface area (Å²) >= 11 is 0. The molecule has 0 amide bonds. The van der Waals surface area contributed by atoms with Gasteiger partial charge in [0.05, 0.1) is 13.2 Å². The Morgan fingerprint density at radius 2 is 2.05 bits per heavy atom. The van der Waals surface area contributed by atoms with Crippen molar-refractivity contribution in [2.24, 2.45) is 5.92 Å². The Labute approximate surface area is 115 Å². The van der Waals surface area contributed by atoms with Gasteiger partial charge in [-0.3, -0.25) is 0 Å². The van der Waals surface area contributed by atoms with Crippen LogP contribution in [0.3, 0.4) is 0 Å². The van der Waals surface area contributed by atoms with E-state index in [2.05, 4.69) is 19.2 Å². The molecule has 4 heteroatoms. The molecule has 0 fully saturated rings. The van der Waals surface area contributed by atoms with Gasteiger partial charge >= 0.3 is 0 Å². The average molecular weight is 267 g/mol. The molecule has 1 aromatic carbocycles. The Morgan fingerprint density at radius 3 is 2.63 bits per heavy atom. The highest BCUT2D eigenvalue weighted by Gasteiger charge is 2.10. The molecule has 1 rings (SSSR count). The SMILES string of the molecule is CCOc1cc(CNC(CO)CC(C)C)ccc1O. The third-order valence-electron chi connectivity index (χ3n) is 2.90. The van der Waals surface area contributed by atoms with Gasteiger partial charge in [-0.25, -0.2) is 0 Å². The van der Waals surface area contributed by atoms with E-state index in [4.69, 9.17) is 4.74 Å². The van der Waals surface area contributed by atoms with E-state index in [0.717, 1.165) is 12.0 Å². The Hall–Kier alpha value is -1.26. The average Bonchev–Trinajstić information content (AvgIpc) is 2.37. The van der Waals surface area contributed by atoms with Crippen LogP contribution in [0.5, 0.6) is 11.5 Å². The summed E-state index contributed by atoms with van der Waals surface area (Å²) in [6.45, 7) is 7.47. The molecule has 0 aromatic heterocycles. The van der Waals surface area contributed by atoms with Crippen LogP contribution in [0.4, 0.5) is 0 Å². The van der Waals surface area contributed by atoms with Crippen molar-refractivity contribution in [1.82, 2.24) is 5.32 Å². The van der Waals surface area contributed by atoms with Gasteiger partial charge in [-0.05, 0) is 37.0 Å². The second kappa shape index (κ2) is 8.02. The number of hydrogen-bond acceptors (Lipinski definition) is 4. The Kier molecular flexibility index (Phi) is 6.67. The number of aliphatic hydroxyl groups is 1. The molecule has 0 spiro atoms. The van der Waals surface area contributed by atoms with Gasteiger partial charge in [-0.1, -0.05) is 19.9 Å². The maximum absolute atomic E-state index is 9.62. The van der Waals surface area contributed by atoms with E-state index in [9.17, 15) is 10.2 Å². The second-order valence-electron chi connectivity index (χ2n) is 5.13. The van der Waals surface area contributed by atoms with Crippen molar-refractivity contribution in [3.63, 3.8) is 0 Å². The van der Waals surface area contributed by atoms with Crippen molar-refractivity contribution in [2.45, 2.75) is 39.8 Å². The van der Waals surface area contributed by atoms with Gasteiger partial charge in [0.2, 0.25) is 0 Å². The van der Waals surface area contributed by atoms with Gasteiger partial charge in [0.15, 0.2) is 11.5 Å². The van der Waals surface area contributed by atoms with Crippen molar-refractivity contribution in [2.75, 3.05) is 13.2 Å². The van der Waals surface area contributed by atoms with Crippen LogP contribution in [0.1, 0.15) is 32.8 Å². The minimum Gasteiger partial charge on any atom is -0.504 e. The highest BCUT2D eigenvalue weighted by atomic mass is 16.5. The minimum atomic E-state index is 0.101. The minimum absolute atomic E-state index is 0.101. The summed E-state index contributed by atoms with van der Waals surface area (Å²) in [4.78, 5) is 0. The normalized spacial score (nSPS) is 12.7. The quantitative estimate of drug-likeness (QED) is 0.676. The first-order valence-electron chi connectivity index (χ1n) is 6.85. The van der Waals surface area contributed by atoms with Crippen LogP contribution in [0.2, 0.25) is 0 Å². The van der Waals surface area contributed by atoms with E-state index >= 15 is 0 Å². The summed E-state index contributed by atoms with van der Waals surface area (Å²) in [5.74, 6) is 1.21. The van der Waals surface area contributed by atoms with Crippen LogP contribution >= 0.6 is 0 Å². The first kappa shape index (κ1) is 15.8. The fraction of sp³-hybridized carbons (Fsp3) is 0.600. The van der Waals surface area contributed by atoms with E-state index < -0.39 is 0 Å². The molecule has 0 heterocycles. The molecule has 0 bridgehead atoms. The predicted octanol–water partition coefficient (Wildman–Crippen LogP) is 2.29. The lowest BCUT2D eigenvalue weighted by atomic mass is 10.0. The monoisotopic (exact) mass is 267 g/mol. The number of rotatable bonds is 8. The van der Waals surface area contributed by atoms with E-state index in [1.807, 2.05) is 19.1 Å². The van der Waals surface area contributed by atoms with Crippen molar-refractivity contribution < 1.29 is 14.9 Å².